The maximum Gasteiger partial charge on any atom is 0.265 e. The number of hydrogen-bond donors (Lipinski definition) is 1. The van der Waals surface area contributed by atoms with Crippen LogP contribution in [0.1, 0.15) is 26.5 Å². The predicted octanol–water partition coefficient (Wildman–Crippen LogP) is 3.16. The molecule has 0 atom stereocenters. The average molecular weight is 280 g/mol. The Morgan fingerprint density at radius 2 is 2.16 bits per heavy atom. The molecule has 1 aliphatic rings. The highest BCUT2D eigenvalue weighted by atomic mass is 32.1. The van der Waals surface area contributed by atoms with Crippen molar-refractivity contribution in [2.75, 3.05) is 5.32 Å². The summed E-state index contributed by atoms with van der Waals surface area (Å²) >= 11 is 1.43. The highest BCUT2D eigenvalue weighted by Gasteiger charge is 2.19. The monoisotopic (exact) mass is 280 g/mol. The quantitative estimate of drug-likeness (QED) is 0.859. The summed E-state index contributed by atoms with van der Waals surface area (Å²) in [5.74, 6) is -2.31. The van der Waals surface area contributed by atoms with Gasteiger partial charge in [0.25, 0.3) is 5.91 Å². The zero-order chi connectivity index (χ0) is 13.4. The molecule has 2 aromatic rings. The molecule has 0 fully saturated rings. The summed E-state index contributed by atoms with van der Waals surface area (Å²) in [5, 5.41) is 2.41. The summed E-state index contributed by atoms with van der Waals surface area (Å²) in [4.78, 5) is 16.8. The van der Waals surface area contributed by atoms with Crippen molar-refractivity contribution in [1.82, 2.24) is 4.98 Å². The largest absolute Gasteiger partial charge is 0.317 e. The second kappa shape index (κ2) is 4.70. The molecule has 1 amide bonds. The molecule has 0 unspecified atom stereocenters. The van der Waals surface area contributed by atoms with Crippen molar-refractivity contribution in [3.05, 3.63) is 45.4 Å². The van der Waals surface area contributed by atoms with Crippen LogP contribution in [0.2, 0.25) is 0 Å². The van der Waals surface area contributed by atoms with Gasteiger partial charge in [0.05, 0.1) is 10.6 Å². The van der Waals surface area contributed by atoms with Gasteiger partial charge < -0.3 is 5.32 Å². The molecular formula is C13H10F2N2OS. The number of carbonyl (C=O) groups is 1. The minimum absolute atomic E-state index is 0.111. The number of rotatable bonds is 2. The number of amides is 1. The van der Waals surface area contributed by atoms with Crippen LogP contribution in [0.3, 0.4) is 0 Å². The fraction of sp³-hybridized carbons (Fsp3) is 0.231. The van der Waals surface area contributed by atoms with Gasteiger partial charge >= 0.3 is 0 Å². The Morgan fingerprint density at radius 3 is 2.89 bits per heavy atom. The van der Waals surface area contributed by atoms with E-state index >= 15 is 0 Å². The molecule has 0 spiro atoms. The van der Waals surface area contributed by atoms with Gasteiger partial charge in [-0.25, -0.2) is 0 Å². The van der Waals surface area contributed by atoms with Crippen LogP contribution in [-0.4, -0.2) is 10.9 Å². The van der Waals surface area contributed by atoms with Crippen LogP contribution in [0.25, 0.3) is 0 Å². The molecule has 0 saturated carbocycles. The number of carbonyl (C=O) groups excluding carboxylic acids is 1. The number of nitrogens with one attached hydrogen (secondary N) is 1. The van der Waals surface area contributed by atoms with E-state index in [-0.39, 0.29) is 11.6 Å². The van der Waals surface area contributed by atoms with E-state index in [1.807, 2.05) is 6.07 Å². The summed E-state index contributed by atoms with van der Waals surface area (Å²) in [6.45, 7) is 0. The molecule has 2 heterocycles. The molecule has 0 saturated heterocycles. The standard InChI is InChI=1S/C13H10F2N2OS/c14-11-5-4-8(12(15)17-11)16-13(18)10-6-7-2-1-3-9(7)19-10/h4-6H,1-3H2,(H,16,18). The fourth-order valence-electron chi connectivity index (χ4n) is 2.13. The van der Waals surface area contributed by atoms with Crippen LogP contribution in [-0.2, 0) is 12.8 Å². The van der Waals surface area contributed by atoms with E-state index in [2.05, 4.69) is 10.3 Å². The lowest BCUT2D eigenvalue weighted by atomic mass is 10.2. The minimum atomic E-state index is -1.02. The first-order valence-corrected chi connectivity index (χ1v) is 6.70. The second-order valence-corrected chi connectivity index (χ2v) is 5.48. The third-order valence-corrected chi connectivity index (χ3v) is 4.27. The highest BCUT2D eigenvalue weighted by Crippen LogP contribution is 2.31. The van der Waals surface area contributed by atoms with Gasteiger partial charge in [-0.05, 0) is 43.0 Å². The van der Waals surface area contributed by atoms with Crippen LogP contribution in [0.4, 0.5) is 14.5 Å². The maximum absolute atomic E-state index is 13.3. The van der Waals surface area contributed by atoms with Gasteiger partial charge in [0.15, 0.2) is 0 Å². The Kier molecular flexibility index (Phi) is 3.02. The Bertz CT molecular complexity index is 633. The van der Waals surface area contributed by atoms with Gasteiger partial charge in [-0.15, -0.1) is 11.3 Å². The molecule has 0 bridgehead atoms. The number of anilines is 1. The first-order chi connectivity index (χ1) is 9.13. The van der Waals surface area contributed by atoms with E-state index in [9.17, 15) is 13.6 Å². The van der Waals surface area contributed by atoms with Gasteiger partial charge in [0.1, 0.15) is 0 Å². The molecule has 19 heavy (non-hydrogen) atoms. The van der Waals surface area contributed by atoms with Crippen LogP contribution >= 0.6 is 11.3 Å². The molecular weight excluding hydrogens is 270 g/mol. The molecule has 0 aromatic carbocycles. The summed E-state index contributed by atoms with van der Waals surface area (Å²) < 4.78 is 26.0. The third-order valence-electron chi connectivity index (χ3n) is 3.03. The number of aromatic nitrogens is 1. The smallest absolute Gasteiger partial charge is 0.265 e. The molecule has 1 N–H and O–H groups in total. The van der Waals surface area contributed by atoms with Crippen LogP contribution in [0.5, 0.6) is 0 Å². The summed E-state index contributed by atoms with van der Waals surface area (Å²) in [6.07, 6.45) is 3.12. The Morgan fingerprint density at radius 1 is 1.32 bits per heavy atom. The zero-order valence-corrected chi connectivity index (χ0v) is 10.7. The number of fused-ring (bicyclic) bond motifs is 1. The van der Waals surface area contributed by atoms with Gasteiger partial charge in [0, 0.05) is 4.88 Å². The summed E-state index contributed by atoms with van der Waals surface area (Å²) in [7, 11) is 0. The normalized spacial score (nSPS) is 13.4. The van der Waals surface area contributed by atoms with Gasteiger partial charge in [-0.1, -0.05) is 0 Å². The lowest BCUT2D eigenvalue weighted by Crippen LogP contribution is -2.12. The Labute approximate surface area is 112 Å². The molecule has 2 aromatic heterocycles. The first kappa shape index (κ1) is 12.2. The number of nitrogens with zero attached hydrogens (tertiary/aromatic N) is 1. The summed E-state index contributed by atoms with van der Waals surface area (Å²) in [5.41, 5.74) is 1.09. The Hall–Kier alpha value is -1.82. The van der Waals surface area contributed by atoms with Crippen molar-refractivity contribution in [2.45, 2.75) is 19.3 Å². The van der Waals surface area contributed by atoms with Crippen molar-refractivity contribution in [3.8, 4) is 0 Å². The Balaban J connectivity index is 1.80. The fourth-order valence-corrected chi connectivity index (χ4v) is 3.28. The topological polar surface area (TPSA) is 42.0 Å². The molecule has 3 nitrogen and oxygen atoms in total. The van der Waals surface area contributed by atoms with Crippen LogP contribution in [0.15, 0.2) is 18.2 Å². The molecule has 1 aliphatic carbocycles. The number of thiophene rings is 1. The predicted molar refractivity (Wildman–Crippen MR) is 68.5 cm³/mol. The molecule has 6 heteroatoms. The molecule has 0 aliphatic heterocycles. The van der Waals surface area contributed by atoms with Crippen molar-refractivity contribution < 1.29 is 13.6 Å². The zero-order valence-electron chi connectivity index (χ0n) is 9.87. The highest BCUT2D eigenvalue weighted by molar-refractivity contribution is 7.14. The third kappa shape index (κ3) is 2.35. The van der Waals surface area contributed by atoms with Crippen molar-refractivity contribution >= 4 is 22.9 Å². The molecule has 0 radical (unpaired) electrons. The van der Waals surface area contributed by atoms with E-state index in [1.54, 1.807) is 0 Å². The SMILES string of the molecule is O=C(Nc1ccc(F)nc1F)c1cc2c(s1)CCC2. The number of aryl methyl sites for hydroxylation is 2. The lowest BCUT2D eigenvalue weighted by molar-refractivity contribution is 0.102. The summed E-state index contributed by atoms with van der Waals surface area (Å²) in [6, 6.07) is 4.02. The van der Waals surface area contributed by atoms with Crippen molar-refractivity contribution in [2.24, 2.45) is 0 Å². The van der Waals surface area contributed by atoms with Gasteiger partial charge in [-0.2, -0.15) is 13.8 Å². The van der Waals surface area contributed by atoms with Crippen molar-refractivity contribution in [1.29, 1.82) is 0 Å². The first-order valence-electron chi connectivity index (χ1n) is 5.88. The number of halogens is 2. The van der Waals surface area contributed by atoms with Crippen LogP contribution < -0.4 is 5.32 Å². The molecule has 98 valence electrons. The lowest BCUT2D eigenvalue weighted by Gasteiger charge is -2.04. The number of pyridine rings is 1. The second-order valence-electron chi connectivity index (χ2n) is 4.34. The van der Waals surface area contributed by atoms with Gasteiger partial charge in [-0.3, -0.25) is 4.79 Å². The average Bonchev–Trinajstić information content (AvgIpc) is 2.93. The van der Waals surface area contributed by atoms with E-state index in [0.29, 0.717) is 4.88 Å². The molecule has 3 rings (SSSR count). The van der Waals surface area contributed by atoms with E-state index < -0.39 is 11.9 Å². The van der Waals surface area contributed by atoms with Crippen molar-refractivity contribution in [3.63, 3.8) is 0 Å². The van der Waals surface area contributed by atoms with E-state index in [4.69, 9.17) is 0 Å². The van der Waals surface area contributed by atoms with E-state index in [0.717, 1.165) is 31.4 Å². The maximum atomic E-state index is 13.3. The minimum Gasteiger partial charge on any atom is -0.317 e. The van der Waals surface area contributed by atoms with E-state index in [1.165, 1.54) is 21.8 Å². The number of hydrogen-bond acceptors (Lipinski definition) is 3. The van der Waals surface area contributed by atoms with Crippen LogP contribution in [0, 0.1) is 11.9 Å². The van der Waals surface area contributed by atoms with Gasteiger partial charge in [0.2, 0.25) is 11.9 Å².